The highest BCUT2D eigenvalue weighted by molar-refractivity contribution is 14.1. The first kappa shape index (κ1) is 7.40. The molecule has 0 saturated carbocycles. The fourth-order valence-electron chi connectivity index (χ4n) is 1.56. The van der Waals surface area contributed by atoms with E-state index < -0.39 is 0 Å². The molecule has 1 atom stereocenters. The summed E-state index contributed by atoms with van der Waals surface area (Å²) in [6.45, 7) is 3.36. The number of hydrogen-bond acceptors (Lipinski definition) is 1. The van der Waals surface area contributed by atoms with E-state index in [4.69, 9.17) is 0 Å². The molecule has 1 nitrogen and oxygen atoms in total. The van der Waals surface area contributed by atoms with Crippen LogP contribution in [0.1, 0.15) is 18.4 Å². The van der Waals surface area contributed by atoms with Crippen LogP contribution in [0.25, 0.3) is 0 Å². The summed E-state index contributed by atoms with van der Waals surface area (Å²) in [5.74, 6) is 0.679. The average Bonchev–Trinajstić information content (AvgIpc) is 2.34. The number of benzene rings is 1. The number of nitrogens with one attached hydrogen (secondary N) is 1. The molecular weight excluding hydrogens is 249 g/mol. The Morgan fingerprint density at radius 2 is 2.36 bits per heavy atom. The smallest absolute Gasteiger partial charge is 0.0387 e. The fourth-order valence-corrected chi connectivity index (χ4v) is 2.59. The Balaban J connectivity index is 2.58. The number of rotatable bonds is 0. The summed E-state index contributed by atoms with van der Waals surface area (Å²) in [7, 11) is 0. The molecule has 0 saturated heterocycles. The van der Waals surface area contributed by atoms with Crippen LogP contribution >= 0.6 is 22.6 Å². The van der Waals surface area contributed by atoms with Crippen LogP contribution in [0.3, 0.4) is 0 Å². The lowest BCUT2D eigenvalue weighted by Gasteiger charge is -2.03. The number of anilines is 1. The quantitative estimate of drug-likeness (QED) is 0.706. The molecule has 1 unspecified atom stereocenters. The van der Waals surface area contributed by atoms with E-state index in [0.717, 1.165) is 6.54 Å². The van der Waals surface area contributed by atoms with Crippen molar-refractivity contribution in [2.45, 2.75) is 12.8 Å². The molecule has 1 aromatic carbocycles. The normalized spacial score (nSPS) is 21.1. The second-order valence-electron chi connectivity index (χ2n) is 2.98. The number of fused-ring (bicyclic) bond motifs is 1. The fraction of sp³-hybridized carbons (Fsp3) is 0.333. The van der Waals surface area contributed by atoms with Gasteiger partial charge in [-0.15, -0.1) is 0 Å². The van der Waals surface area contributed by atoms with Gasteiger partial charge >= 0.3 is 0 Å². The predicted molar refractivity (Wildman–Crippen MR) is 56.1 cm³/mol. The minimum Gasteiger partial charge on any atom is -0.384 e. The standard InChI is InChI=1S/C9H10IN/c1-6-5-11-8-4-2-3-7(10)9(6)8/h2-4,6,11H,5H2,1H3. The molecule has 1 aliphatic heterocycles. The Kier molecular flexibility index (Phi) is 1.79. The number of hydrogen-bond donors (Lipinski definition) is 1. The molecule has 0 spiro atoms. The van der Waals surface area contributed by atoms with Crippen LogP contribution in [-0.4, -0.2) is 6.54 Å². The van der Waals surface area contributed by atoms with Gasteiger partial charge in [0.15, 0.2) is 0 Å². The van der Waals surface area contributed by atoms with Crippen LogP contribution in [0.15, 0.2) is 18.2 Å². The maximum atomic E-state index is 3.39. The Morgan fingerprint density at radius 3 is 3.09 bits per heavy atom. The van der Waals surface area contributed by atoms with Gasteiger partial charge in [0.2, 0.25) is 0 Å². The van der Waals surface area contributed by atoms with Gasteiger partial charge in [0.1, 0.15) is 0 Å². The van der Waals surface area contributed by atoms with Crippen molar-refractivity contribution >= 4 is 28.3 Å². The molecule has 58 valence electrons. The molecule has 0 radical (unpaired) electrons. The van der Waals surface area contributed by atoms with E-state index in [1.54, 1.807) is 0 Å². The van der Waals surface area contributed by atoms with Crippen molar-refractivity contribution in [3.8, 4) is 0 Å². The Morgan fingerprint density at radius 1 is 1.55 bits per heavy atom. The molecule has 0 fully saturated rings. The monoisotopic (exact) mass is 259 g/mol. The van der Waals surface area contributed by atoms with Gasteiger partial charge in [-0.3, -0.25) is 0 Å². The highest BCUT2D eigenvalue weighted by Crippen LogP contribution is 2.34. The second kappa shape index (κ2) is 2.66. The summed E-state index contributed by atoms with van der Waals surface area (Å²) in [4.78, 5) is 0. The molecule has 0 aromatic heterocycles. The van der Waals surface area contributed by atoms with Crippen LogP contribution in [0.4, 0.5) is 5.69 Å². The molecule has 0 bridgehead atoms. The van der Waals surface area contributed by atoms with Crippen molar-refractivity contribution in [3.05, 3.63) is 27.3 Å². The molecule has 1 aliphatic rings. The molecule has 1 N–H and O–H groups in total. The topological polar surface area (TPSA) is 12.0 Å². The first-order valence-electron chi connectivity index (χ1n) is 3.81. The molecular formula is C9H10IN. The first-order chi connectivity index (χ1) is 5.29. The third-order valence-electron chi connectivity index (χ3n) is 2.14. The first-order valence-corrected chi connectivity index (χ1v) is 4.89. The van der Waals surface area contributed by atoms with Crippen LogP contribution in [0, 0.1) is 3.57 Å². The van der Waals surface area contributed by atoms with E-state index in [9.17, 15) is 0 Å². The lowest BCUT2D eigenvalue weighted by molar-refractivity contribution is 0.849. The largest absolute Gasteiger partial charge is 0.384 e. The van der Waals surface area contributed by atoms with Crippen LogP contribution in [0.5, 0.6) is 0 Å². The van der Waals surface area contributed by atoms with Gasteiger partial charge < -0.3 is 5.32 Å². The maximum absolute atomic E-state index is 3.39. The zero-order chi connectivity index (χ0) is 7.84. The van der Waals surface area contributed by atoms with E-state index in [1.807, 2.05) is 0 Å². The van der Waals surface area contributed by atoms with Crippen molar-refractivity contribution in [3.63, 3.8) is 0 Å². The summed E-state index contributed by atoms with van der Waals surface area (Å²) in [6.07, 6.45) is 0. The van der Waals surface area contributed by atoms with E-state index in [-0.39, 0.29) is 0 Å². The SMILES string of the molecule is CC1CNc2cccc(I)c21. The number of halogens is 1. The summed E-state index contributed by atoms with van der Waals surface area (Å²) in [5, 5.41) is 3.39. The zero-order valence-electron chi connectivity index (χ0n) is 6.39. The van der Waals surface area contributed by atoms with Crippen LogP contribution in [-0.2, 0) is 0 Å². The van der Waals surface area contributed by atoms with Crippen molar-refractivity contribution < 1.29 is 0 Å². The van der Waals surface area contributed by atoms with Gasteiger partial charge in [0, 0.05) is 21.7 Å². The lowest BCUT2D eigenvalue weighted by Crippen LogP contribution is -1.96. The van der Waals surface area contributed by atoms with Crippen molar-refractivity contribution in [2.24, 2.45) is 0 Å². The van der Waals surface area contributed by atoms with Crippen molar-refractivity contribution in [1.29, 1.82) is 0 Å². The van der Waals surface area contributed by atoms with E-state index in [1.165, 1.54) is 14.8 Å². The predicted octanol–water partition coefficient (Wildman–Crippen LogP) is 2.82. The maximum Gasteiger partial charge on any atom is 0.0387 e. The van der Waals surface area contributed by atoms with Gasteiger partial charge in [-0.05, 0) is 40.3 Å². The minimum absolute atomic E-state index is 0.679. The Labute approximate surface area is 80.3 Å². The third-order valence-corrected chi connectivity index (χ3v) is 3.09. The third kappa shape index (κ3) is 1.13. The van der Waals surface area contributed by atoms with Gasteiger partial charge in [-0.2, -0.15) is 0 Å². The van der Waals surface area contributed by atoms with E-state index in [2.05, 4.69) is 53.0 Å². The van der Waals surface area contributed by atoms with Crippen LogP contribution in [0.2, 0.25) is 0 Å². The molecule has 2 rings (SSSR count). The summed E-state index contributed by atoms with van der Waals surface area (Å²) >= 11 is 2.40. The average molecular weight is 259 g/mol. The van der Waals surface area contributed by atoms with Crippen LogP contribution < -0.4 is 5.32 Å². The minimum atomic E-state index is 0.679. The summed E-state index contributed by atoms with van der Waals surface area (Å²) in [5.41, 5.74) is 2.82. The lowest BCUT2D eigenvalue weighted by atomic mass is 10.0. The Bertz CT molecular complexity index is 283. The highest BCUT2D eigenvalue weighted by atomic mass is 127. The van der Waals surface area contributed by atoms with Gasteiger partial charge in [-0.25, -0.2) is 0 Å². The molecule has 1 aromatic rings. The molecule has 0 aliphatic carbocycles. The zero-order valence-corrected chi connectivity index (χ0v) is 8.55. The Hall–Kier alpha value is -0.250. The summed E-state index contributed by atoms with van der Waals surface area (Å²) < 4.78 is 1.39. The van der Waals surface area contributed by atoms with Gasteiger partial charge in [0.05, 0.1) is 0 Å². The highest BCUT2D eigenvalue weighted by Gasteiger charge is 2.19. The molecule has 0 amide bonds. The summed E-state index contributed by atoms with van der Waals surface area (Å²) in [6, 6.07) is 6.43. The van der Waals surface area contributed by atoms with Gasteiger partial charge in [-0.1, -0.05) is 13.0 Å². The molecule has 11 heavy (non-hydrogen) atoms. The van der Waals surface area contributed by atoms with Crippen molar-refractivity contribution in [2.75, 3.05) is 11.9 Å². The second-order valence-corrected chi connectivity index (χ2v) is 4.15. The van der Waals surface area contributed by atoms with E-state index in [0.29, 0.717) is 5.92 Å². The van der Waals surface area contributed by atoms with Gasteiger partial charge in [0.25, 0.3) is 0 Å². The van der Waals surface area contributed by atoms with Crippen molar-refractivity contribution in [1.82, 2.24) is 0 Å². The van der Waals surface area contributed by atoms with E-state index >= 15 is 0 Å². The molecule has 1 heterocycles. The molecule has 2 heteroatoms.